The molecule has 0 radical (unpaired) electrons. The minimum atomic E-state index is -3.14. The highest BCUT2D eigenvalue weighted by molar-refractivity contribution is 7.22. The number of hydrogen-bond acceptors (Lipinski definition) is 3. The molecule has 14 aromatic rings. The van der Waals surface area contributed by atoms with E-state index in [-0.39, 0.29) is 0 Å². The molecular formula is C75H50N4Si. The van der Waals surface area contributed by atoms with Crippen LogP contribution in [-0.4, -0.2) is 27.6 Å². The first-order valence-electron chi connectivity index (χ1n) is 27.3. The Morgan fingerprint density at radius 3 is 1.06 bits per heavy atom. The van der Waals surface area contributed by atoms with Gasteiger partial charge in [-0.2, -0.15) is 0 Å². The number of aromatic nitrogens is 4. The van der Waals surface area contributed by atoms with Gasteiger partial charge in [-0.3, -0.25) is 0 Å². The lowest BCUT2D eigenvalue weighted by molar-refractivity contribution is 1.07. The summed E-state index contributed by atoms with van der Waals surface area (Å²) in [6.07, 6.45) is 0. The standard InChI is InChI=1S/C75H50N4Si/c1-6-18-51(19-7-1)55-30-32-58(33-31-55)74-76-73(57-26-14-5-15-27-57)77-75(78-74)59-36-42-63(43-37-59)80(71-46-38-60(53-22-10-3-11-23-53)48-67(71)68-49-61(39-47-72(68)80)54-24-12-4-13-25-54)64-44-45-70-66(50-64)65-28-16-17-29-69(65)79(70)62-40-34-56(35-41-62)52-20-8-2-9-21-52/h1-50H. The molecule has 0 spiro atoms. The van der Waals surface area contributed by atoms with Crippen molar-refractivity contribution in [3.8, 4) is 95.5 Å². The Labute approximate surface area is 466 Å². The number of fused-ring (bicyclic) bond motifs is 6. The fourth-order valence-corrected chi connectivity index (χ4v) is 17.4. The van der Waals surface area contributed by atoms with Gasteiger partial charge in [0.2, 0.25) is 0 Å². The molecule has 374 valence electrons. The van der Waals surface area contributed by atoms with E-state index < -0.39 is 8.07 Å². The maximum atomic E-state index is 5.25. The van der Waals surface area contributed by atoms with Gasteiger partial charge in [0.05, 0.1) is 11.0 Å². The van der Waals surface area contributed by atoms with Gasteiger partial charge in [-0.25, -0.2) is 15.0 Å². The van der Waals surface area contributed by atoms with Crippen molar-refractivity contribution in [1.29, 1.82) is 0 Å². The van der Waals surface area contributed by atoms with Crippen molar-refractivity contribution < 1.29 is 0 Å². The van der Waals surface area contributed by atoms with Crippen molar-refractivity contribution in [2.45, 2.75) is 0 Å². The molecule has 2 aromatic heterocycles. The van der Waals surface area contributed by atoms with Crippen molar-refractivity contribution in [1.82, 2.24) is 19.5 Å². The van der Waals surface area contributed by atoms with Gasteiger partial charge in [-0.15, -0.1) is 0 Å². The third-order valence-electron chi connectivity index (χ3n) is 16.2. The zero-order valence-corrected chi connectivity index (χ0v) is 44.7. The molecule has 1 aliphatic heterocycles. The molecule has 80 heavy (non-hydrogen) atoms. The van der Waals surface area contributed by atoms with E-state index in [0.29, 0.717) is 17.5 Å². The largest absolute Gasteiger partial charge is 0.309 e. The molecule has 15 rings (SSSR count). The van der Waals surface area contributed by atoms with Gasteiger partial charge >= 0.3 is 0 Å². The maximum Gasteiger partial charge on any atom is 0.180 e. The van der Waals surface area contributed by atoms with Crippen LogP contribution in [0, 0.1) is 0 Å². The third-order valence-corrected chi connectivity index (χ3v) is 21.0. The second-order valence-corrected chi connectivity index (χ2v) is 24.4. The molecule has 0 bridgehead atoms. The van der Waals surface area contributed by atoms with Crippen LogP contribution in [0.3, 0.4) is 0 Å². The monoisotopic (exact) mass is 1030 g/mol. The van der Waals surface area contributed by atoms with Crippen LogP contribution in [0.2, 0.25) is 0 Å². The minimum Gasteiger partial charge on any atom is -0.309 e. The summed E-state index contributed by atoms with van der Waals surface area (Å²) in [5.74, 6) is 1.89. The van der Waals surface area contributed by atoms with Crippen LogP contribution in [0.4, 0.5) is 0 Å². The lowest BCUT2D eigenvalue weighted by Crippen LogP contribution is -2.72. The number of rotatable bonds is 10. The van der Waals surface area contributed by atoms with Crippen LogP contribution in [-0.2, 0) is 0 Å². The summed E-state index contributed by atoms with van der Waals surface area (Å²) in [5, 5.41) is 7.81. The van der Waals surface area contributed by atoms with Crippen molar-refractivity contribution in [3.05, 3.63) is 303 Å². The van der Waals surface area contributed by atoms with Crippen LogP contribution in [0.5, 0.6) is 0 Å². The number of para-hydroxylation sites is 1. The van der Waals surface area contributed by atoms with Gasteiger partial charge < -0.3 is 4.57 Å². The Morgan fingerprint density at radius 2 is 0.575 bits per heavy atom. The second kappa shape index (κ2) is 19.6. The van der Waals surface area contributed by atoms with Crippen LogP contribution in [0.25, 0.3) is 117 Å². The molecule has 4 nitrogen and oxygen atoms in total. The van der Waals surface area contributed by atoms with Crippen LogP contribution >= 0.6 is 0 Å². The van der Waals surface area contributed by atoms with Crippen molar-refractivity contribution in [2.24, 2.45) is 0 Å². The quantitative estimate of drug-likeness (QED) is 0.128. The Morgan fingerprint density at radius 1 is 0.237 bits per heavy atom. The molecule has 0 amide bonds. The maximum absolute atomic E-state index is 5.25. The van der Waals surface area contributed by atoms with E-state index in [0.717, 1.165) is 27.9 Å². The van der Waals surface area contributed by atoms with Gasteiger partial charge in [-0.1, -0.05) is 267 Å². The lowest BCUT2D eigenvalue weighted by Gasteiger charge is -2.32. The molecule has 0 saturated carbocycles. The SMILES string of the molecule is c1ccc(-c2ccc(-c3nc(-c4ccccc4)nc(-c4ccc([Si]5(c6ccc7c(c6)c6ccccc6n7-c6ccc(-c7ccccc7)cc6)c6ccc(-c7ccccc7)cc6-c6cc(-c7ccccc7)ccc65)cc4)n3)cc2)cc1. The Balaban J connectivity index is 0.936. The summed E-state index contributed by atoms with van der Waals surface area (Å²) < 4.78 is 2.44. The van der Waals surface area contributed by atoms with Crippen LogP contribution < -0.4 is 20.7 Å². The van der Waals surface area contributed by atoms with E-state index in [1.807, 2.05) is 24.3 Å². The van der Waals surface area contributed by atoms with Gasteiger partial charge in [0.15, 0.2) is 25.5 Å². The summed E-state index contributed by atoms with van der Waals surface area (Å²) in [4.78, 5) is 15.6. The molecule has 0 saturated heterocycles. The zero-order chi connectivity index (χ0) is 53.0. The Kier molecular flexibility index (Phi) is 11.5. The normalized spacial score (nSPS) is 12.3. The van der Waals surface area contributed by atoms with Crippen LogP contribution in [0.1, 0.15) is 0 Å². The highest BCUT2D eigenvalue weighted by Gasteiger charge is 2.49. The number of hydrogen-bond donors (Lipinski definition) is 0. The fraction of sp³-hybridized carbons (Fsp3) is 0. The second-order valence-electron chi connectivity index (χ2n) is 20.7. The molecule has 5 heteroatoms. The van der Waals surface area contributed by atoms with E-state index in [9.17, 15) is 0 Å². The predicted octanol–water partition coefficient (Wildman–Crippen LogP) is 16.0. The molecule has 0 atom stereocenters. The average Bonchev–Trinajstić information content (AvgIpc) is 3.91. The predicted molar refractivity (Wildman–Crippen MR) is 335 cm³/mol. The van der Waals surface area contributed by atoms with Crippen LogP contribution in [0.15, 0.2) is 303 Å². The van der Waals surface area contributed by atoms with E-state index in [1.165, 1.54) is 92.6 Å². The molecule has 0 aliphatic carbocycles. The number of nitrogens with zero attached hydrogens (tertiary/aromatic N) is 4. The third kappa shape index (κ3) is 8.02. The van der Waals surface area contributed by atoms with Gasteiger partial charge in [0, 0.05) is 33.2 Å². The Bertz CT molecular complexity index is 4490. The average molecular weight is 1040 g/mol. The summed E-state index contributed by atoms with van der Waals surface area (Å²) >= 11 is 0. The van der Waals surface area contributed by atoms with Crippen molar-refractivity contribution in [3.63, 3.8) is 0 Å². The van der Waals surface area contributed by atoms with Gasteiger partial charge in [0.1, 0.15) is 0 Å². The molecule has 0 N–H and O–H groups in total. The summed E-state index contributed by atoms with van der Waals surface area (Å²) in [7, 11) is -3.14. The first-order chi connectivity index (χ1) is 39.6. The summed E-state index contributed by atoms with van der Waals surface area (Å²) in [6.45, 7) is 0. The molecule has 0 unspecified atom stereocenters. The highest BCUT2D eigenvalue weighted by atomic mass is 28.3. The highest BCUT2D eigenvalue weighted by Crippen LogP contribution is 2.38. The van der Waals surface area contributed by atoms with E-state index in [2.05, 4.69) is 284 Å². The first kappa shape index (κ1) is 46.9. The van der Waals surface area contributed by atoms with E-state index in [4.69, 9.17) is 15.0 Å². The summed E-state index contributed by atoms with van der Waals surface area (Å²) in [6, 6.07) is 110. The molecular weight excluding hydrogens is 985 g/mol. The smallest absolute Gasteiger partial charge is 0.180 e. The molecule has 3 heterocycles. The topological polar surface area (TPSA) is 43.6 Å². The number of benzene rings is 12. The van der Waals surface area contributed by atoms with E-state index in [1.54, 1.807) is 0 Å². The van der Waals surface area contributed by atoms with Gasteiger partial charge in [0.25, 0.3) is 0 Å². The molecule has 0 fully saturated rings. The summed E-state index contributed by atoms with van der Waals surface area (Å²) in [5.41, 5.74) is 18.3. The molecule has 1 aliphatic rings. The lowest BCUT2D eigenvalue weighted by atomic mass is 9.96. The fourth-order valence-electron chi connectivity index (χ4n) is 12.3. The van der Waals surface area contributed by atoms with Crippen molar-refractivity contribution in [2.75, 3.05) is 0 Å². The van der Waals surface area contributed by atoms with Gasteiger partial charge in [-0.05, 0) is 113 Å². The zero-order valence-electron chi connectivity index (χ0n) is 43.7. The van der Waals surface area contributed by atoms with E-state index >= 15 is 0 Å². The van der Waals surface area contributed by atoms with Crippen molar-refractivity contribution >= 4 is 50.6 Å². The Hall–Kier alpha value is -10.3. The molecule has 12 aromatic carbocycles. The first-order valence-corrected chi connectivity index (χ1v) is 29.3. The minimum absolute atomic E-state index is 0.626.